The highest BCUT2D eigenvalue weighted by atomic mass is 35.5. The van der Waals surface area contributed by atoms with Gasteiger partial charge in [-0.2, -0.15) is 0 Å². The van der Waals surface area contributed by atoms with Gasteiger partial charge in [0.15, 0.2) is 0 Å². The Labute approximate surface area is 118 Å². The summed E-state index contributed by atoms with van der Waals surface area (Å²) in [5.74, 6) is -1.79. The van der Waals surface area contributed by atoms with Crippen LogP contribution in [-0.2, 0) is 19.1 Å². The Hall–Kier alpha value is -1.60. The van der Waals surface area contributed by atoms with Crippen molar-refractivity contribution in [1.82, 2.24) is 4.90 Å². The van der Waals surface area contributed by atoms with Gasteiger partial charge in [-0.05, 0) is 11.4 Å². The molecule has 1 aromatic heterocycles. The molecule has 1 heterocycles. The van der Waals surface area contributed by atoms with E-state index in [4.69, 9.17) is 11.6 Å². The Morgan fingerprint density at radius 1 is 1.21 bits per heavy atom. The fourth-order valence-corrected chi connectivity index (χ4v) is 2.33. The van der Waals surface area contributed by atoms with Crippen molar-refractivity contribution in [3.8, 4) is 0 Å². The van der Waals surface area contributed by atoms with Gasteiger partial charge >= 0.3 is 11.9 Å². The van der Waals surface area contributed by atoms with E-state index in [0.717, 1.165) is 16.2 Å². The van der Waals surface area contributed by atoms with E-state index in [2.05, 4.69) is 9.47 Å². The first-order valence-electron chi connectivity index (χ1n) is 5.15. The third-order valence-electron chi connectivity index (χ3n) is 2.19. The van der Waals surface area contributed by atoms with Crippen LogP contribution in [-0.4, -0.2) is 50.1 Å². The number of thiophene rings is 1. The van der Waals surface area contributed by atoms with Crippen LogP contribution in [0, 0.1) is 0 Å². The molecule has 1 rings (SSSR count). The summed E-state index contributed by atoms with van der Waals surface area (Å²) in [7, 11) is 2.39. The molecular weight excluding hydrogens is 294 g/mol. The number of esters is 2. The van der Waals surface area contributed by atoms with Crippen LogP contribution in [0.4, 0.5) is 0 Å². The number of carbonyl (C=O) groups excluding carboxylic acids is 3. The van der Waals surface area contributed by atoms with Crippen molar-refractivity contribution >= 4 is 40.8 Å². The number of nitrogens with zero attached hydrogens (tertiary/aromatic N) is 1. The second kappa shape index (κ2) is 7.10. The highest BCUT2D eigenvalue weighted by Crippen LogP contribution is 2.23. The summed E-state index contributed by atoms with van der Waals surface area (Å²) in [5, 5.41) is 1.92. The van der Waals surface area contributed by atoms with Crippen molar-refractivity contribution in [2.45, 2.75) is 0 Å². The van der Waals surface area contributed by atoms with Crippen LogP contribution < -0.4 is 0 Å². The molecule has 0 fully saturated rings. The molecule has 1 aromatic rings. The minimum absolute atomic E-state index is 0.259. The third-order valence-corrected chi connectivity index (χ3v) is 3.52. The van der Waals surface area contributed by atoms with Gasteiger partial charge in [0.1, 0.15) is 18.0 Å². The van der Waals surface area contributed by atoms with Gasteiger partial charge < -0.3 is 14.4 Å². The molecular formula is C11H12ClNO5S. The van der Waals surface area contributed by atoms with E-state index in [1.54, 1.807) is 11.4 Å². The predicted molar refractivity (Wildman–Crippen MR) is 69.3 cm³/mol. The smallest absolute Gasteiger partial charge is 0.325 e. The van der Waals surface area contributed by atoms with Crippen molar-refractivity contribution in [2.24, 2.45) is 0 Å². The van der Waals surface area contributed by atoms with Gasteiger partial charge in [0, 0.05) is 0 Å². The van der Waals surface area contributed by atoms with Crippen LogP contribution in [0.15, 0.2) is 11.4 Å². The number of hydrogen-bond donors (Lipinski definition) is 0. The quantitative estimate of drug-likeness (QED) is 0.764. The van der Waals surface area contributed by atoms with E-state index in [0.29, 0.717) is 0 Å². The molecule has 6 nitrogen and oxygen atoms in total. The summed E-state index contributed by atoms with van der Waals surface area (Å²) < 4.78 is 8.96. The molecule has 0 aliphatic rings. The Morgan fingerprint density at radius 3 is 2.11 bits per heavy atom. The highest BCUT2D eigenvalue weighted by molar-refractivity contribution is 7.12. The number of ether oxygens (including phenoxy) is 2. The van der Waals surface area contributed by atoms with Crippen LogP contribution >= 0.6 is 22.9 Å². The fourth-order valence-electron chi connectivity index (χ4n) is 1.23. The molecule has 0 atom stereocenters. The molecule has 0 saturated heterocycles. The number of carbonyl (C=O) groups is 3. The minimum Gasteiger partial charge on any atom is -0.468 e. The fraction of sp³-hybridized carbons (Fsp3) is 0.364. The molecule has 19 heavy (non-hydrogen) atoms. The van der Waals surface area contributed by atoms with Crippen molar-refractivity contribution < 1.29 is 23.9 Å². The Kier molecular flexibility index (Phi) is 5.78. The van der Waals surface area contributed by atoms with Crippen molar-refractivity contribution in [2.75, 3.05) is 27.3 Å². The SMILES string of the molecule is COC(=O)CN(CC(=O)OC)C(=O)c1sccc1Cl. The summed E-state index contributed by atoms with van der Waals surface area (Å²) in [4.78, 5) is 36.0. The van der Waals surface area contributed by atoms with Gasteiger partial charge in [0.05, 0.1) is 19.2 Å². The number of hydrogen-bond acceptors (Lipinski definition) is 6. The second-order valence-electron chi connectivity index (χ2n) is 3.41. The molecule has 1 amide bonds. The molecule has 0 spiro atoms. The zero-order valence-electron chi connectivity index (χ0n) is 10.3. The summed E-state index contributed by atoms with van der Waals surface area (Å²) in [6.07, 6.45) is 0. The molecule has 0 aromatic carbocycles. The normalized spacial score (nSPS) is 9.84. The maximum atomic E-state index is 12.2. The average molecular weight is 306 g/mol. The Bertz CT molecular complexity index is 469. The topological polar surface area (TPSA) is 72.9 Å². The molecule has 104 valence electrons. The number of rotatable bonds is 5. The molecule has 0 saturated carbocycles. The van der Waals surface area contributed by atoms with Gasteiger partial charge in [-0.25, -0.2) is 0 Å². The van der Waals surface area contributed by atoms with Gasteiger partial charge in [-0.1, -0.05) is 11.6 Å². The van der Waals surface area contributed by atoms with Gasteiger partial charge in [0.25, 0.3) is 5.91 Å². The van der Waals surface area contributed by atoms with Crippen LogP contribution in [0.25, 0.3) is 0 Å². The number of amides is 1. The largest absolute Gasteiger partial charge is 0.468 e. The van der Waals surface area contributed by atoms with Gasteiger partial charge in [0.2, 0.25) is 0 Å². The summed E-state index contributed by atoms with van der Waals surface area (Å²) in [6.45, 7) is -0.697. The zero-order chi connectivity index (χ0) is 14.4. The summed E-state index contributed by atoms with van der Waals surface area (Å²) >= 11 is 6.98. The van der Waals surface area contributed by atoms with E-state index >= 15 is 0 Å². The molecule has 0 unspecified atom stereocenters. The van der Waals surface area contributed by atoms with Crippen LogP contribution in [0.2, 0.25) is 5.02 Å². The predicted octanol–water partition coefficient (Wildman–Crippen LogP) is 1.19. The number of methoxy groups -OCH3 is 2. The van der Waals surface area contributed by atoms with Crippen molar-refractivity contribution in [1.29, 1.82) is 0 Å². The first-order valence-corrected chi connectivity index (χ1v) is 6.41. The molecule has 8 heteroatoms. The Morgan fingerprint density at radius 2 is 1.74 bits per heavy atom. The summed E-state index contributed by atoms with van der Waals surface area (Å²) in [6, 6.07) is 1.56. The lowest BCUT2D eigenvalue weighted by Gasteiger charge is -2.19. The summed E-state index contributed by atoms with van der Waals surface area (Å²) in [5.41, 5.74) is 0. The van der Waals surface area contributed by atoms with Crippen molar-refractivity contribution in [3.63, 3.8) is 0 Å². The van der Waals surface area contributed by atoms with Gasteiger partial charge in [-0.15, -0.1) is 11.3 Å². The lowest BCUT2D eigenvalue weighted by Crippen LogP contribution is -2.40. The molecule has 0 bridgehead atoms. The first-order chi connectivity index (χ1) is 8.99. The lowest BCUT2D eigenvalue weighted by atomic mass is 10.3. The van der Waals surface area contributed by atoms with E-state index in [9.17, 15) is 14.4 Å². The first kappa shape index (κ1) is 15.5. The van der Waals surface area contributed by atoms with Crippen molar-refractivity contribution in [3.05, 3.63) is 21.3 Å². The highest BCUT2D eigenvalue weighted by Gasteiger charge is 2.24. The van der Waals surface area contributed by atoms with Crippen LogP contribution in [0.5, 0.6) is 0 Å². The maximum Gasteiger partial charge on any atom is 0.325 e. The van der Waals surface area contributed by atoms with Crippen LogP contribution in [0.3, 0.4) is 0 Å². The molecule has 0 aliphatic carbocycles. The van der Waals surface area contributed by atoms with Crippen LogP contribution in [0.1, 0.15) is 9.67 Å². The molecule has 0 aliphatic heterocycles. The molecule has 0 N–H and O–H groups in total. The lowest BCUT2D eigenvalue weighted by molar-refractivity contribution is -0.144. The number of halogens is 1. The van der Waals surface area contributed by atoms with E-state index in [1.165, 1.54) is 14.2 Å². The Balaban J connectivity index is 2.89. The van der Waals surface area contributed by atoms with Gasteiger partial charge in [-0.3, -0.25) is 14.4 Å². The maximum absolute atomic E-state index is 12.2. The zero-order valence-corrected chi connectivity index (χ0v) is 11.9. The minimum atomic E-state index is -0.634. The van der Waals surface area contributed by atoms with E-state index in [-0.39, 0.29) is 23.0 Å². The monoisotopic (exact) mass is 305 g/mol. The standard InChI is InChI=1S/C11H12ClNO5S/c1-17-8(14)5-13(6-9(15)18-2)11(16)10-7(12)3-4-19-10/h3-4H,5-6H2,1-2H3. The van der Waals surface area contributed by atoms with E-state index < -0.39 is 17.8 Å². The second-order valence-corrected chi connectivity index (χ2v) is 4.73. The molecule has 0 radical (unpaired) electrons. The third kappa shape index (κ3) is 4.22. The van der Waals surface area contributed by atoms with E-state index in [1.807, 2.05) is 0 Å². The average Bonchev–Trinajstić information content (AvgIpc) is 2.82.